The second-order valence-corrected chi connectivity index (χ2v) is 6.85. The van der Waals surface area contributed by atoms with Gasteiger partial charge in [-0.15, -0.1) is 0 Å². The first-order valence-electron chi connectivity index (χ1n) is 7.96. The van der Waals surface area contributed by atoms with Gasteiger partial charge in [0.15, 0.2) is 0 Å². The molecule has 0 radical (unpaired) electrons. The number of nitrogens with zero attached hydrogens (tertiary/aromatic N) is 1. The topological polar surface area (TPSA) is 63.2 Å². The summed E-state index contributed by atoms with van der Waals surface area (Å²) in [6, 6.07) is 4.06. The highest BCUT2D eigenvalue weighted by molar-refractivity contribution is 5.82. The SMILES string of the molecule is Cc1cccnc1OCC(C)(C)C(=O)NC1CCNCC1C. The van der Waals surface area contributed by atoms with Gasteiger partial charge in [0.2, 0.25) is 11.8 Å². The van der Waals surface area contributed by atoms with Crippen LogP contribution in [0.15, 0.2) is 18.3 Å². The van der Waals surface area contributed by atoms with Crippen LogP contribution in [0.2, 0.25) is 0 Å². The zero-order valence-corrected chi connectivity index (χ0v) is 14.0. The Morgan fingerprint density at radius 3 is 3.00 bits per heavy atom. The lowest BCUT2D eigenvalue weighted by atomic mass is 9.90. The highest BCUT2D eigenvalue weighted by Gasteiger charge is 2.32. The maximum absolute atomic E-state index is 12.6. The number of pyridine rings is 1. The molecule has 0 saturated carbocycles. The number of ether oxygens (including phenoxy) is 1. The third-order valence-corrected chi connectivity index (χ3v) is 4.25. The van der Waals surface area contributed by atoms with Crippen LogP contribution in [-0.4, -0.2) is 36.6 Å². The predicted octanol–water partition coefficient (Wildman–Crippen LogP) is 1.91. The Kier molecular flexibility index (Phi) is 5.40. The van der Waals surface area contributed by atoms with Crippen molar-refractivity contribution >= 4 is 5.91 Å². The standard InChI is InChI=1S/C17H27N3O2/c1-12-6-5-8-19-15(12)22-11-17(3,4)16(21)20-14-7-9-18-10-13(14)2/h5-6,8,13-14,18H,7,9-11H2,1-4H3,(H,20,21). The summed E-state index contributed by atoms with van der Waals surface area (Å²) >= 11 is 0. The first kappa shape index (κ1) is 16.7. The van der Waals surface area contributed by atoms with Crippen molar-refractivity contribution in [3.05, 3.63) is 23.9 Å². The van der Waals surface area contributed by atoms with Crippen molar-refractivity contribution in [2.24, 2.45) is 11.3 Å². The average Bonchev–Trinajstić information content (AvgIpc) is 2.49. The molecular formula is C17H27N3O2. The van der Waals surface area contributed by atoms with Crippen LogP contribution in [0.3, 0.4) is 0 Å². The van der Waals surface area contributed by atoms with Crippen molar-refractivity contribution < 1.29 is 9.53 Å². The normalized spacial score (nSPS) is 22.2. The molecular weight excluding hydrogens is 278 g/mol. The molecule has 1 aliphatic heterocycles. The number of rotatable bonds is 5. The Hall–Kier alpha value is -1.62. The highest BCUT2D eigenvalue weighted by Crippen LogP contribution is 2.21. The number of aromatic nitrogens is 1. The smallest absolute Gasteiger partial charge is 0.229 e. The molecule has 1 aromatic heterocycles. The molecule has 2 atom stereocenters. The molecule has 1 saturated heterocycles. The summed E-state index contributed by atoms with van der Waals surface area (Å²) < 4.78 is 5.75. The first-order chi connectivity index (χ1) is 10.4. The molecule has 2 N–H and O–H groups in total. The molecule has 122 valence electrons. The van der Waals surface area contributed by atoms with E-state index in [4.69, 9.17) is 4.74 Å². The number of hydrogen-bond donors (Lipinski definition) is 2. The lowest BCUT2D eigenvalue weighted by Gasteiger charge is -2.33. The van der Waals surface area contributed by atoms with Gasteiger partial charge in [-0.05, 0) is 52.3 Å². The number of piperidine rings is 1. The number of amides is 1. The molecule has 0 spiro atoms. The van der Waals surface area contributed by atoms with E-state index in [1.807, 2.05) is 32.9 Å². The summed E-state index contributed by atoms with van der Waals surface area (Å²) in [6.45, 7) is 10.2. The number of carbonyl (C=O) groups excluding carboxylic acids is 1. The van der Waals surface area contributed by atoms with Crippen LogP contribution in [0.4, 0.5) is 0 Å². The highest BCUT2D eigenvalue weighted by atomic mass is 16.5. The van der Waals surface area contributed by atoms with Crippen molar-refractivity contribution in [3.63, 3.8) is 0 Å². The maximum atomic E-state index is 12.6. The Morgan fingerprint density at radius 2 is 2.32 bits per heavy atom. The van der Waals surface area contributed by atoms with E-state index in [0.717, 1.165) is 25.1 Å². The molecule has 0 aromatic carbocycles. The van der Waals surface area contributed by atoms with Gasteiger partial charge in [-0.1, -0.05) is 13.0 Å². The lowest BCUT2D eigenvalue weighted by molar-refractivity contribution is -0.132. The largest absolute Gasteiger partial charge is 0.476 e. The Labute approximate surface area is 132 Å². The second-order valence-electron chi connectivity index (χ2n) is 6.85. The molecule has 1 aliphatic rings. The summed E-state index contributed by atoms with van der Waals surface area (Å²) in [6.07, 6.45) is 2.68. The van der Waals surface area contributed by atoms with Gasteiger partial charge in [-0.3, -0.25) is 4.79 Å². The van der Waals surface area contributed by atoms with Gasteiger partial charge in [0, 0.05) is 17.8 Å². The van der Waals surface area contributed by atoms with E-state index in [1.54, 1.807) is 6.20 Å². The first-order valence-corrected chi connectivity index (χ1v) is 7.96. The van der Waals surface area contributed by atoms with Crippen molar-refractivity contribution in [3.8, 4) is 5.88 Å². The fourth-order valence-electron chi connectivity index (χ4n) is 2.53. The summed E-state index contributed by atoms with van der Waals surface area (Å²) in [7, 11) is 0. The fraction of sp³-hybridized carbons (Fsp3) is 0.647. The predicted molar refractivity (Wildman–Crippen MR) is 86.8 cm³/mol. The minimum atomic E-state index is -0.589. The number of carbonyl (C=O) groups is 1. The summed E-state index contributed by atoms with van der Waals surface area (Å²) in [5.41, 5.74) is 0.389. The quantitative estimate of drug-likeness (QED) is 0.872. The van der Waals surface area contributed by atoms with Gasteiger partial charge in [0.25, 0.3) is 0 Å². The molecule has 2 heterocycles. The zero-order valence-electron chi connectivity index (χ0n) is 14.0. The molecule has 2 rings (SSSR count). The molecule has 0 aliphatic carbocycles. The van der Waals surface area contributed by atoms with Crippen molar-refractivity contribution in [2.45, 2.75) is 40.2 Å². The van der Waals surface area contributed by atoms with Crippen LogP contribution in [0, 0.1) is 18.3 Å². The van der Waals surface area contributed by atoms with E-state index in [2.05, 4.69) is 22.5 Å². The van der Waals surface area contributed by atoms with Crippen LogP contribution < -0.4 is 15.4 Å². The minimum absolute atomic E-state index is 0.0415. The third-order valence-electron chi connectivity index (χ3n) is 4.25. The van der Waals surface area contributed by atoms with Crippen LogP contribution in [0.1, 0.15) is 32.8 Å². The maximum Gasteiger partial charge on any atom is 0.229 e. The number of aryl methyl sites for hydroxylation is 1. The van der Waals surface area contributed by atoms with E-state index in [0.29, 0.717) is 18.4 Å². The summed E-state index contributed by atoms with van der Waals surface area (Å²) in [5.74, 6) is 1.09. The molecule has 22 heavy (non-hydrogen) atoms. The van der Waals surface area contributed by atoms with Gasteiger partial charge in [0.05, 0.1) is 5.41 Å². The number of hydrogen-bond acceptors (Lipinski definition) is 4. The molecule has 1 fully saturated rings. The fourth-order valence-corrected chi connectivity index (χ4v) is 2.53. The Balaban J connectivity index is 1.91. The molecule has 5 nitrogen and oxygen atoms in total. The van der Waals surface area contributed by atoms with Gasteiger partial charge in [-0.2, -0.15) is 0 Å². The van der Waals surface area contributed by atoms with Crippen molar-refractivity contribution in [1.29, 1.82) is 0 Å². The van der Waals surface area contributed by atoms with E-state index >= 15 is 0 Å². The molecule has 1 amide bonds. The molecule has 0 bridgehead atoms. The van der Waals surface area contributed by atoms with Crippen LogP contribution in [0.5, 0.6) is 5.88 Å². The minimum Gasteiger partial charge on any atom is -0.476 e. The van der Waals surface area contributed by atoms with E-state index in [-0.39, 0.29) is 11.9 Å². The van der Waals surface area contributed by atoms with Crippen LogP contribution in [-0.2, 0) is 4.79 Å². The summed E-state index contributed by atoms with van der Waals surface area (Å²) in [4.78, 5) is 16.8. The lowest BCUT2D eigenvalue weighted by Crippen LogP contribution is -2.52. The van der Waals surface area contributed by atoms with E-state index in [9.17, 15) is 4.79 Å². The Bertz CT molecular complexity index is 516. The average molecular weight is 305 g/mol. The van der Waals surface area contributed by atoms with E-state index < -0.39 is 5.41 Å². The van der Waals surface area contributed by atoms with Gasteiger partial charge in [-0.25, -0.2) is 4.98 Å². The second kappa shape index (κ2) is 7.09. The van der Waals surface area contributed by atoms with E-state index in [1.165, 1.54) is 0 Å². The molecule has 2 unspecified atom stereocenters. The monoisotopic (exact) mass is 305 g/mol. The van der Waals surface area contributed by atoms with Crippen molar-refractivity contribution in [1.82, 2.24) is 15.6 Å². The van der Waals surface area contributed by atoms with Gasteiger partial charge < -0.3 is 15.4 Å². The zero-order chi connectivity index (χ0) is 16.2. The van der Waals surface area contributed by atoms with Crippen LogP contribution in [0.25, 0.3) is 0 Å². The molecule has 1 aromatic rings. The van der Waals surface area contributed by atoms with Gasteiger partial charge in [0.1, 0.15) is 6.61 Å². The third kappa shape index (κ3) is 4.19. The van der Waals surface area contributed by atoms with Crippen LogP contribution >= 0.6 is 0 Å². The summed E-state index contributed by atoms with van der Waals surface area (Å²) in [5, 5.41) is 6.53. The van der Waals surface area contributed by atoms with Gasteiger partial charge >= 0.3 is 0 Å². The molecule has 5 heteroatoms. The number of nitrogens with one attached hydrogen (secondary N) is 2. The van der Waals surface area contributed by atoms with Crippen molar-refractivity contribution in [2.75, 3.05) is 19.7 Å². The Morgan fingerprint density at radius 1 is 1.55 bits per heavy atom.